The van der Waals surface area contributed by atoms with E-state index in [0.717, 1.165) is 29.0 Å². The fraction of sp³-hybridized carbons (Fsp3) is 0.417. The Morgan fingerprint density at radius 1 is 1.07 bits per heavy atom. The number of ether oxygens (including phenoxy) is 2. The van der Waals surface area contributed by atoms with E-state index in [-0.39, 0.29) is 23.4 Å². The molecule has 2 aromatic rings. The lowest BCUT2D eigenvalue weighted by Gasteiger charge is -2.29. The molecule has 1 unspecified atom stereocenters. The molecule has 30 heavy (non-hydrogen) atoms. The van der Waals surface area contributed by atoms with Crippen molar-refractivity contribution >= 4 is 11.8 Å². The lowest BCUT2D eigenvalue weighted by atomic mass is 9.85. The minimum absolute atomic E-state index is 0.0198. The van der Waals surface area contributed by atoms with E-state index in [1.54, 1.807) is 14.2 Å². The van der Waals surface area contributed by atoms with Gasteiger partial charge in [0.1, 0.15) is 11.5 Å². The second-order valence-electron chi connectivity index (χ2n) is 7.92. The maximum atomic E-state index is 12.6. The lowest BCUT2D eigenvalue weighted by Crippen LogP contribution is -2.44. The van der Waals surface area contributed by atoms with Gasteiger partial charge in [-0.25, -0.2) is 0 Å². The minimum atomic E-state index is -0.383. The molecule has 2 aromatic carbocycles. The summed E-state index contributed by atoms with van der Waals surface area (Å²) in [5, 5.41) is 6.19. The average molecular weight is 411 g/mol. The molecular weight excluding hydrogens is 380 g/mol. The van der Waals surface area contributed by atoms with Crippen molar-refractivity contribution < 1.29 is 19.1 Å². The number of amides is 2. The van der Waals surface area contributed by atoms with Crippen LogP contribution in [0.1, 0.15) is 49.8 Å². The number of nitrogens with one attached hydrogen (secondary N) is 2. The second kappa shape index (κ2) is 9.65. The van der Waals surface area contributed by atoms with Gasteiger partial charge < -0.3 is 20.1 Å². The SMILES string of the molecule is COc1ccc(CC2(CCC(=O)N[C@H](C)c3ccc(OC)cc3)CCC(=O)N2)cc1. The summed E-state index contributed by atoms with van der Waals surface area (Å²) < 4.78 is 10.4. The molecule has 0 radical (unpaired) electrons. The number of carbonyl (C=O) groups is 2. The van der Waals surface area contributed by atoms with E-state index in [2.05, 4.69) is 10.6 Å². The van der Waals surface area contributed by atoms with Crippen molar-refractivity contribution in [1.82, 2.24) is 10.6 Å². The van der Waals surface area contributed by atoms with Crippen molar-refractivity contribution in [3.8, 4) is 11.5 Å². The van der Waals surface area contributed by atoms with Crippen molar-refractivity contribution in [1.29, 1.82) is 0 Å². The monoisotopic (exact) mass is 410 g/mol. The fourth-order valence-electron chi connectivity index (χ4n) is 3.96. The van der Waals surface area contributed by atoms with E-state index < -0.39 is 0 Å². The van der Waals surface area contributed by atoms with E-state index in [0.29, 0.717) is 25.7 Å². The van der Waals surface area contributed by atoms with Crippen molar-refractivity contribution in [2.45, 2.75) is 50.6 Å². The van der Waals surface area contributed by atoms with Crippen LogP contribution in [0.5, 0.6) is 11.5 Å². The maximum Gasteiger partial charge on any atom is 0.220 e. The van der Waals surface area contributed by atoms with Crippen LogP contribution in [0, 0.1) is 0 Å². The quantitative estimate of drug-likeness (QED) is 0.663. The smallest absolute Gasteiger partial charge is 0.220 e. The van der Waals surface area contributed by atoms with Crippen LogP contribution in [0.15, 0.2) is 48.5 Å². The maximum absolute atomic E-state index is 12.6. The Labute approximate surface area is 178 Å². The zero-order chi connectivity index (χ0) is 21.6. The van der Waals surface area contributed by atoms with Crippen molar-refractivity contribution in [3.05, 3.63) is 59.7 Å². The van der Waals surface area contributed by atoms with Gasteiger partial charge in [-0.1, -0.05) is 24.3 Å². The van der Waals surface area contributed by atoms with Gasteiger partial charge in [0.05, 0.1) is 20.3 Å². The lowest BCUT2D eigenvalue weighted by molar-refractivity contribution is -0.123. The summed E-state index contributed by atoms with van der Waals surface area (Å²) in [6.07, 6.45) is 2.89. The molecule has 0 bridgehead atoms. The molecule has 0 saturated carbocycles. The summed E-state index contributed by atoms with van der Waals surface area (Å²) in [4.78, 5) is 24.6. The van der Waals surface area contributed by atoms with Gasteiger partial charge in [0, 0.05) is 18.4 Å². The number of benzene rings is 2. The molecule has 1 aliphatic heterocycles. The molecule has 2 N–H and O–H groups in total. The molecule has 1 aliphatic rings. The number of hydrogen-bond acceptors (Lipinski definition) is 4. The third kappa shape index (κ3) is 5.53. The highest BCUT2D eigenvalue weighted by molar-refractivity contribution is 5.80. The van der Waals surface area contributed by atoms with Gasteiger partial charge in [-0.3, -0.25) is 9.59 Å². The standard InChI is InChI=1S/C24H30N2O4/c1-17(19-6-10-21(30-3)11-7-19)25-22(27)12-14-24(15-13-23(28)26-24)16-18-4-8-20(29-2)9-5-18/h4-11,17H,12-16H2,1-3H3,(H,25,27)(H,26,28)/t17-,24?/m1/s1. The van der Waals surface area contributed by atoms with Crippen LogP contribution in [-0.2, 0) is 16.0 Å². The summed E-state index contributed by atoms with van der Waals surface area (Å²) in [5.74, 6) is 1.62. The fourth-order valence-corrected chi connectivity index (χ4v) is 3.96. The highest BCUT2D eigenvalue weighted by Crippen LogP contribution is 2.30. The third-order valence-corrected chi connectivity index (χ3v) is 5.76. The van der Waals surface area contributed by atoms with Gasteiger partial charge in [0.25, 0.3) is 0 Å². The third-order valence-electron chi connectivity index (χ3n) is 5.76. The van der Waals surface area contributed by atoms with E-state index in [9.17, 15) is 9.59 Å². The zero-order valence-electron chi connectivity index (χ0n) is 17.9. The molecule has 0 aromatic heterocycles. The highest BCUT2D eigenvalue weighted by Gasteiger charge is 2.37. The second-order valence-corrected chi connectivity index (χ2v) is 7.92. The van der Waals surface area contributed by atoms with Gasteiger partial charge in [0.2, 0.25) is 11.8 Å². The molecule has 2 amide bonds. The van der Waals surface area contributed by atoms with Gasteiger partial charge in [-0.2, -0.15) is 0 Å². The molecule has 6 nitrogen and oxygen atoms in total. The van der Waals surface area contributed by atoms with Crippen molar-refractivity contribution in [2.75, 3.05) is 14.2 Å². The van der Waals surface area contributed by atoms with E-state index >= 15 is 0 Å². The first-order chi connectivity index (χ1) is 14.4. The van der Waals surface area contributed by atoms with Crippen LogP contribution in [0.3, 0.4) is 0 Å². The number of hydrogen-bond donors (Lipinski definition) is 2. The summed E-state index contributed by atoms with van der Waals surface area (Å²) in [6, 6.07) is 15.4. The topological polar surface area (TPSA) is 76.7 Å². The predicted molar refractivity (Wildman–Crippen MR) is 116 cm³/mol. The van der Waals surface area contributed by atoms with Crippen LogP contribution in [-0.4, -0.2) is 31.6 Å². The number of methoxy groups -OCH3 is 2. The molecule has 2 atom stereocenters. The Hall–Kier alpha value is -3.02. The molecular formula is C24H30N2O4. The average Bonchev–Trinajstić information content (AvgIpc) is 3.13. The van der Waals surface area contributed by atoms with Gasteiger partial charge >= 0.3 is 0 Å². The Bertz CT molecular complexity index is 864. The molecule has 0 aliphatic carbocycles. The summed E-state index contributed by atoms with van der Waals surface area (Å²) in [5.41, 5.74) is 1.75. The number of rotatable bonds is 9. The summed E-state index contributed by atoms with van der Waals surface area (Å²) >= 11 is 0. The Morgan fingerprint density at radius 3 is 2.20 bits per heavy atom. The highest BCUT2D eigenvalue weighted by atomic mass is 16.5. The molecule has 1 heterocycles. The molecule has 1 fully saturated rings. The van der Waals surface area contributed by atoms with E-state index in [4.69, 9.17) is 9.47 Å². The predicted octanol–water partition coefficient (Wildman–Crippen LogP) is 3.55. The molecule has 3 rings (SSSR count). The zero-order valence-corrected chi connectivity index (χ0v) is 17.9. The van der Waals surface area contributed by atoms with E-state index in [1.165, 1.54) is 0 Å². The summed E-state index contributed by atoms with van der Waals surface area (Å²) in [7, 11) is 3.27. The first kappa shape index (κ1) is 21.7. The minimum Gasteiger partial charge on any atom is -0.497 e. The van der Waals surface area contributed by atoms with E-state index in [1.807, 2.05) is 55.5 Å². The summed E-state index contributed by atoms with van der Waals surface area (Å²) in [6.45, 7) is 1.96. The first-order valence-electron chi connectivity index (χ1n) is 10.3. The van der Waals surface area contributed by atoms with Crippen LogP contribution >= 0.6 is 0 Å². The first-order valence-corrected chi connectivity index (χ1v) is 10.3. The molecule has 160 valence electrons. The van der Waals surface area contributed by atoms with Gasteiger partial charge in [0.15, 0.2) is 0 Å². The molecule has 0 spiro atoms. The normalized spacial score (nSPS) is 19.1. The van der Waals surface area contributed by atoms with Crippen LogP contribution in [0.25, 0.3) is 0 Å². The van der Waals surface area contributed by atoms with Crippen LogP contribution < -0.4 is 20.1 Å². The largest absolute Gasteiger partial charge is 0.497 e. The van der Waals surface area contributed by atoms with Crippen LogP contribution in [0.2, 0.25) is 0 Å². The molecule has 1 saturated heterocycles. The van der Waals surface area contributed by atoms with Crippen molar-refractivity contribution in [3.63, 3.8) is 0 Å². The Morgan fingerprint density at radius 2 is 1.67 bits per heavy atom. The van der Waals surface area contributed by atoms with Gasteiger partial charge in [-0.05, 0) is 61.6 Å². The molecule has 6 heteroatoms. The van der Waals surface area contributed by atoms with Crippen LogP contribution in [0.4, 0.5) is 0 Å². The Kier molecular flexibility index (Phi) is 6.98. The Balaban J connectivity index is 1.59. The van der Waals surface area contributed by atoms with Gasteiger partial charge in [-0.15, -0.1) is 0 Å². The number of carbonyl (C=O) groups excluding carboxylic acids is 2. The van der Waals surface area contributed by atoms with Crippen molar-refractivity contribution in [2.24, 2.45) is 0 Å².